The van der Waals surface area contributed by atoms with Crippen molar-refractivity contribution in [2.45, 2.75) is 32.9 Å². The molecule has 0 fully saturated rings. The molecule has 0 saturated heterocycles. The average molecular weight is 493 g/mol. The standard InChI is InChI=1S/C28H28N8O/c1-16-23-9-7-19(12-20(23)10-11-30-16)6-8-22-13-21(14-24(33-22)34-28(37)18(3)29-4)26-27-25(31-15-32-26)17(2)35-36(27)5/h7,9-15,17-18,29,35H,1-5H3,(H,33,34,37). The summed E-state index contributed by atoms with van der Waals surface area (Å²) >= 11 is 0. The van der Waals surface area contributed by atoms with Gasteiger partial charge in [0.2, 0.25) is 5.91 Å². The number of aryl methyl sites for hydroxylation is 1. The van der Waals surface area contributed by atoms with Crippen LogP contribution in [0.3, 0.4) is 0 Å². The summed E-state index contributed by atoms with van der Waals surface area (Å²) in [5.41, 5.74) is 9.03. The van der Waals surface area contributed by atoms with Crippen molar-refractivity contribution in [3.05, 3.63) is 71.6 Å². The molecule has 3 N–H and O–H groups in total. The van der Waals surface area contributed by atoms with Gasteiger partial charge >= 0.3 is 0 Å². The number of pyridine rings is 2. The maximum atomic E-state index is 12.6. The van der Waals surface area contributed by atoms with Crippen molar-refractivity contribution in [1.29, 1.82) is 0 Å². The van der Waals surface area contributed by atoms with Gasteiger partial charge in [-0.1, -0.05) is 12.0 Å². The van der Waals surface area contributed by atoms with Crippen LogP contribution in [0.25, 0.3) is 22.0 Å². The van der Waals surface area contributed by atoms with Crippen LogP contribution in [0.15, 0.2) is 48.9 Å². The zero-order valence-electron chi connectivity index (χ0n) is 21.4. The molecule has 2 atom stereocenters. The van der Waals surface area contributed by atoms with Gasteiger partial charge < -0.3 is 15.6 Å². The summed E-state index contributed by atoms with van der Waals surface area (Å²) in [6.45, 7) is 5.83. The smallest absolute Gasteiger partial charge is 0.242 e. The van der Waals surface area contributed by atoms with Crippen molar-refractivity contribution in [2.75, 3.05) is 24.4 Å². The molecule has 0 bridgehead atoms. The Bertz CT molecular complexity index is 1570. The SMILES string of the molecule is CNC(C)C(=O)Nc1cc(-c2ncnc3c2N(C)NC3C)cc(C#Cc2ccc3c(C)nccc3c2)n1. The van der Waals surface area contributed by atoms with Gasteiger partial charge in [-0.05, 0) is 69.5 Å². The minimum absolute atomic E-state index is 0.0604. The lowest BCUT2D eigenvalue weighted by Crippen LogP contribution is -2.35. The molecule has 0 spiro atoms. The van der Waals surface area contributed by atoms with Crippen molar-refractivity contribution in [3.63, 3.8) is 0 Å². The summed E-state index contributed by atoms with van der Waals surface area (Å²) in [4.78, 5) is 30.6. The number of nitrogens with zero attached hydrogens (tertiary/aromatic N) is 5. The highest BCUT2D eigenvalue weighted by molar-refractivity contribution is 5.94. The molecule has 9 heteroatoms. The van der Waals surface area contributed by atoms with Gasteiger partial charge in [0, 0.05) is 35.5 Å². The Morgan fingerprint density at radius 1 is 1.14 bits per heavy atom. The Hall–Kier alpha value is -4.39. The molecule has 3 aromatic heterocycles. The average Bonchev–Trinajstić information content (AvgIpc) is 3.20. The van der Waals surface area contributed by atoms with E-state index in [-0.39, 0.29) is 18.0 Å². The Kier molecular flexibility index (Phi) is 6.53. The molecule has 5 rings (SSSR count). The molecule has 1 aromatic carbocycles. The van der Waals surface area contributed by atoms with E-state index in [2.05, 4.69) is 54.8 Å². The Balaban J connectivity index is 1.59. The topological polar surface area (TPSA) is 108 Å². The molecule has 4 heterocycles. The summed E-state index contributed by atoms with van der Waals surface area (Å²) in [6, 6.07) is 11.4. The molecular formula is C28H28N8O. The molecule has 1 aliphatic rings. The van der Waals surface area contributed by atoms with Crippen LogP contribution >= 0.6 is 0 Å². The minimum Gasteiger partial charge on any atom is -0.309 e. The predicted molar refractivity (Wildman–Crippen MR) is 145 cm³/mol. The number of hydrogen-bond acceptors (Lipinski definition) is 8. The summed E-state index contributed by atoms with van der Waals surface area (Å²) in [5.74, 6) is 6.61. The number of likely N-dealkylation sites (N-methyl/N-ethyl adjacent to an activating group) is 1. The molecule has 1 amide bonds. The molecule has 0 aliphatic carbocycles. The van der Waals surface area contributed by atoms with E-state index in [0.29, 0.717) is 11.5 Å². The lowest BCUT2D eigenvalue weighted by molar-refractivity contribution is -0.117. The first-order chi connectivity index (χ1) is 17.8. The van der Waals surface area contributed by atoms with Crippen LogP contribution in [-0.2, 0) is 4.79 Å². The lowest BCUT2D eigenvalue weighted by Gasteiger charge is -2.16. The number of fused-ring (bicyclic) bond motifs is 2. The third-order valence-corrected chi connectivity index (χ3v) is 6.46. The molecule has 1 aliphatic heterocycles. The second-order valence-electron chi connectivity index (χ2n) is 9.07. The first-order valence-corrected chi connectivity index (χ1v) is 12.1. The van der Waals surface area contributed by atoms with Crippen molar-refractivity contribution >= 4 is 28.2 Å². The number of nitrogens with one attached hydrogen (secondary N) is 3. The highest BCUT2D eigenvalue weighted by atomic mass is 16.2. The third-order valence-electron chi connectivity index (χ3n) is 6.46. The predicted octanol–water partition coefficient (Wildman–Crippen LogP) is 3.36. The second-order valence-corrected chi connectivity index (χ2v) is 9.07. The molecular weight excluding hydrogens is 464 g/mol. The maximum Gasteiger partial charge on any atom is 0.242 e. The van der Waals surface area contributed by atoms with Crippen LogP contribution < -0.4 is 21.1 Å². The Morgan fingerprint density at radius 2 is 1.97 bits per heavy atom. The number of aromatic nitrogens is 4. The van der Waals surface area contributed by atoms with Crippen LogP contribution in [-0.4, -0.2) is 46.0 Å². The molecule has 9 nitrogen and oxygen atoms in total. The third kappa shape index (κ3) is 4.85. The number of amides is 1. The number of hydrogen-bond donors (Lipinski definition) is 3. The molecule has 4 aromatic rings. The minimum atomic E-state index is -0.380. The van der Waals surface area contributed by atoms with Crippen molar-refractivity contribution in [2.24, 2.45) is 0 Å². The van der Waals surface area contributed by atoms with Gasteiger partial charge in [0.05, 0.1) is 23.5 Å². The van der Waals surface area contributed by atoms with E-state index in [9.17, 15) is 4.79 Å². The molecule has 2 unspecified atom stereocenters. The zero-order chi connectivity index (χ0) is 26.1. The highest BCUT2D eigenvalue weighted by Crippen LogP contribution is 2.37. The van der Waals surface area contributed by atoms with Gasteiger partial charge in [0.1, 0.15) is 23.5 Å². The van der Waals surface area contributed by atoms with Crippen LogP contribution in [0.2, 0.25) is 0 Å². The van der Waals surface area contributed by atoms with E-state index in [1.54, 1.807) is 26.5 Å². The Labute approximate surface area is 215 Å². The molecule has 0 radical (unpaired) electrons. The van der Waals surface area contributed by atoms with E-state index in [1.807, 2.05) is 55.4 Å². The number of hydrazine groups is 1. The van der Waals surface area contributed by atoms with Crippen molar-refractivity contribution in [3.8, 4) is 23.1 Å². The number of carbonyl (C=O) groups excluding carboxylic acids is 1. The lowest BCUT2D eigenvalue weighted by atomic mass is 10.1. The first-order valence-electron chi connectivity index (χ1n) is 12.1. The van der Waals surface area contributed by atoms with Gasteiger partial charge in [-0.15, -0.1) is 0 Å². The van der Waals surface area contributed by atoms with Crippen LogP contribution in [0.4, 0.5) is 11.5 Å². The summed E-state index contributed by atoms with van der Waals surface area (Å²) in [7, 11) is 3.67. The number of rotatable bonds is 4. The van der Waals surface area contributed by atoms with Crippen molar-refractivity contribution < 1.29 is 4.79 Å². The molecule has 37 heavy (non-hydrogen) atoms. The molecule has 0 saturated carbocycles. The highest BCUT2D eigenvalue weighted by Gasteiger charge is 2.28. The van der Waals surface area contributed by atoms with Crippen LogP contribution in [0.5, 0.6) is 0 Å². The van der Waals surface area contributed by atoms with Gasteiger partial charge in [0.25, 0.3) is 0 Å². The fourth-order valence-corrected chi connectivity index (χ4v) is 4.37. The van der Waals surface area contributed by atoms with E-state index in [4.69, 9.17) is 0 Å². The quantitative estimate of drug-likeness (QED) is 0.372. The first kappa shape index (κ1) is 24.3. The second kappa shape index (κ2) is 9.93. The van der Waals surface area contributed by atoms with E-state index in [1.165, 1.54) is 0 Å². The van der Waals surface area contributed by atoms with Gasteiger partial charge in [-0.2, -0.15) is 0 Å². The number of benzene rings is 1. The van der Waals surface area contributed by atoms with Crippen LogP contribution in [0, 0.1) is 18.8 Å². The zero-order valence-corrected chi connectivity index (χ0v) is 21.4. The van der Waals surface area contributed by atoms with E-state index < -0.39 is 0 Å². The summed E-state index contributed by atoms with van der Waals surface area (Å²) in [5, 5.41) is 9.95. The summed E-state index contributed by atoms with van der Waals surface area (Å²) < 4.78 is 0. The van der Waals surface area contributed by atoms with E-state index in [0.717, 1.165) is 44.7 Å². The van der Waals surface area contributed by atoms with Crippen molar-refractivity contribution in [1.82, 2.24) is 30.7 Å². The van der Waals surface area contributed by atoms with Gasteiger partial charge in [-0.3, -0.25) is 9.78 Å². The largest absolute Gasteiger partial charge is 0.309 e. The monoisotopic (exact) mass is 492 g/mol. The normalized spacial score (nSPS) is 15.2. The molecule has 186 valence electrons. The maximum absolute atomic E-state index is 12.6. The van der Waals surface area contributed by atoms with Crippen LogP contribution in [0.1, 0.15) is 42.5 Å². The fourth-order valence-electron chi connectivity index (χ4n) is 4.37. The van der Waals surface area contributed by atoms with Gasteiger partial charge in [-0.25, -0.2) is 20.4 Å². The number of carbonyl (C=O) groups is 1. The fraction of sp³-hybridized carbons (Fsp3) is 0.250. The van der Waals surface area contributed by atoms with Gasteiger partial charge in [0.15, 0.2) is 0 Å². The van der Waals surface area contributed by atoms with E-state index >= 15 is 0 Å². The Morgan fingerprint density at radius 3 is 2.78 bits per heavy atom. The number of anilines is 2. The summed E-state index contributed by atoms with van der Waals surface area (Å²) in [6.07, 6.45) is 3.36.